The fourth-order valence-electron chi connectivity index (χ4n) is 4.34. The molecule has 0 radical (unpaired) electrons. The third-order valence-corrected chi connectivity index (χ3v) is 5.34. The summed E-state index contributed by atoms with van der Waals surface area (Å²) < 4.78 is 57.0. The number of halogens is 4. The van der Waals surface area contributed by atoms with Gasteiger partial charge in [-0.3, -0.25) is 4.90 Å². The molecular formula is C21H13F4N. The predicted octanol–water partition coefficient (Wildman–Crippen LogP) is 5.25. The standard InChI is InChI=1S/C21H13F4N/c22-16-14-15(17(23)19(25)18(16)24)21-13-9-5-4-8-12(13)20(14)26(21)10-11-6-2-1-3-7-11/h1-9,20-21H,10H2. The van der Waals surface area contributed by atoms with Crippen molar-refractivity contribution in [1.29, 1.82) is 0 Å². The van der Waals surface area contributed by atoms with Gasteiger partial charge in [0, 0.05) is 17.7 Å². The molecule has 26 heavy (non-hydrogen) atoms. The topological polar surface area (TPSA) is 3.24 Å². The van der Waals surface area contributed by atoms with Crippen molar-refractivity contribution >= 4 is 0 Å². The number of rotatable bonds is 2. The Hall–Kier alpha value is -2.66. The second-order valence-electron chi connectivity index (χ2n) is 6.68. The van der Waals surface area contributed by atoms with Crippen molar-refractivity contribution in [2.24, 2.45) is 0 Å². The second kappa shape index (κ2) is 5.42. The van der Waals surface area contributed by atoms with Crippen molar-refractivity contribution in [3.63, 3.8) is 0 Å². The van der Waals surface area contributed by atoms with Crippen LogP contribution in [0, 0.1) is 23.3 Å². The highest BCUT2D eigenvalue weighted by molar-refractivity contribution is 5.58. The van der Waals surface area contributed by atoms with E-state index in [0.29, 0.717) is 6.54 Å². The van der Waals surface area contributed by atoms with E-state index >= 15 is 0 Å². The zero-order chi connectivity index (χ0) is 18.0. The van der Waals surface area contributed by atoms with Crippen LogP contribution in [0.5, 0.6) is 0 Å². The minimum atomic E-state index is -1.74. The summed E-state index contributed by atoms with van der Waals surface area (Å²) in [7, 11) is 0. The molecule has 0 aromatic heterocycles. The summed E-state index contributed by atoms with van der Waals surface area (Å²) in [6, 6.07) is 15.5. The molecule has 3 aromatic rings. The second-order valence-corrected chi connectivity index (χ2v) is 6.68. The van der Waals surface area contributed by atoms with Gasteiger partial charge >= 0.3 is 0 Å². The molecule has 5 heteroatoms. The monoisotopic (exact) mass is 355 g/mol. The SMILES string of the molecule is Fc1c(F)c(F)c2c(c1F)C1c3ccccc3C2N1Cc1ccccc1. The molecule has 2 aliphatic heterocycles. The van der Waals surface area contributed by atoms with Gasteiger partial charge in [0.2, 0.25) is 0 Å². The van der Waals surface area contributed by atoms with E-state index in [-0.39, 0.29) is 11.1 Å². The van der Waals surface area contributed by atoms with Crippen LogP contribution in [0.25, 0.3) is 0 Å². The lowest BCUT2D eigenvalue weighted by atomic mass is 9.85. The lowest BCUT2D eigenvalue weighted by molar-refractivity contribution is 0.224. The molecule has 1 nitrogen and oxygen atoms in total. The Kier molecular flexibility index (Phi) is 3.25. The summed E-state index contributed by atoms with van der Waals surface area (Å²) >= 11 is 0. The third kappa shape index (κ3) is 1.89. The van der Waals surface area contributed by atoms with Gasteiger partial charge in [0.05, 0.1) is 12.1 Å². The number of fused-ring (bicyclic) bond motifs is 8. The molecule has 130 valence electrons. The van der Waals surface area contributed by atoms with Gasteiger partial charge in [0.15, 0.2) is 23.3 Å². The lowest BCUT2D eigenvalue weighted by Crippen LogP contribution is -2.20. The normalized spacial score (nSPS) is 20.3. The quantitative estimate of drug-likeness (QED) is 0.345. The Balaban J connectivity index is 1.73. The van der Waals surface area contributed by atoms with Crippen LogP contribution in [0.3, 0.4) is 0 Å². The Morgan fingerprint density at radius 3 is 1.58 bits per heavy atom. The Morgan fingerprint density at radius 2 is 1.08 bits per heavy atom. The molecule has 2 heterocycles. The van der Waals surface area contributed by atoms with Crippen molar-refractivity contribution in [2.45, 2.75) is 18.6 Å². The number of nitrogens with zero attached hydrogens (tertiary/aromatic N) is 1. The average molecular weight is 355 g/mol. The van der Waals surface area contributed by atoms with Gasteiger partial charge in [-0.1, -0.05) is 54.6 Å². The molecule has 2 bridgehead atoms. The molecule has 3 aromatic carbocycles. The van der Waals surface area contributed by atoms with Gasteiger partial charge in [0.25, 0.3) is 0 Å². The van der Waals surface area contributed by atoms with Crippen LogP contribution in [0.15, 0.2) is 54.6 Å². The van der Waals surface area contributed by atoms with E-state index in [2.05, 4.69) is 0 Å². The van der Waals surface area contributed by atoms with Crippen LogP contribution in [0.4, 0.5) is 17.6 Å². The highest BCUT2D eigenvalue weighted by Crippen LogP contribution is 2.58. The summed E-state index contributed by atoms with van der Waals surface area (Å²) in [5.74, 6) is -6.07. The zero-order valence-corrected chi connectivity index (χ0v) is 13.5. The van der Waals surface area contributed by atoms with E-state index in [1.54, 1.807) is 0 Å². The molecule has 2 aliphatic rings. The van der Waals surface area contributed by atoms with E-state index in [1.165, 1.54) is 0 Å². The molecule has 0 amide bonds. The molecule has 2 unspecified atom stereocenters. The predicted molar refractivity (Wildman–Crippen MR) is 88.4 cm³/mol. The van der Waals surface area contributed by atoms with Gasteiger partial charge in [-0.05, 0) is 16.7 Å². The summed E-state index contributed by atoms with van der Waals surface area (Å²) in [4.78, 5) is 1.90. The van der Waals surface area contributed by atoms with Gasteiger partial charge in [-0.25, -0.2) is 17.6 Å². The number of benzene rings is 3. The Bertz CT molecular complexity index is 970. The van der Waals surface area contributed by atoms with Crippen molar-refractivity contribution < 1.29 is 17.6 Å². The average Bonchev–Trinajstić information content (AvgIpc) is 3.16. The molecule has 0 saturated carbocycles. The molecule has 0 saturated heterocycles. The van der Waals surface area contributed by atoms with Crippen LogP contribution in [0.1, 0.15) is 39.9 Å². The van der Waals surface area contributed by atoms with Gasteiger partial charge in [0.1, 0.15) is 0 Å². The van der Waals surface area contributed by atoms with E-state index in [9.17, 15) is 17.6 Å². The number of hydrogen-bond acceptors (Lipinski definition) is 1. The van der Waals surface area contributed by atoms with Gasteiger partial charge < -0.3 is 0 Å². The van der Waals surface area contributed by atoms with Crippen LogP contribution < -0.4 is 0 Å². The van der Waals surface area contributed by atoms with E-state index < -0.39 is 35.4 Å². The Morgan fingerprint density at radius 1 is 0.615 bits per heavy atom. The molecular weight excluding hydrogens is 342 g/mol. The van der Waals surface area contributed by atoms with E-state index in [4.69, 9.17) is 0 Å². The maximum absolute atomic E-state index is 14.6. The van der Waals surface area contributed by atoms with Gasteiger partial charge in [-0.2, -0.15) is 0 Å². The van der Waals surface area contributed by atoms with Crippen LogP contribution >= 0.6 is 0 Å². The first-order valence-electron chi connectivity index (χ1n) is 8.33. The maximum atomic E-state index is 14.6. The first kappa shape index (κ1) is 15.6. The lowest BCUT2D eigenvalue weighted by Gasteiger charge is -2.22. The Labute approximate surface area is 147 Å². The van der Waals surface area contributed by atoms with E-state index in [1.807, 2.05) is 59.5 Å². The molecule has 2 atom stereocenters. The molecule has 5 rings (SSSR count). The highest BCUT2D eigenvalue weighted by atomic mass is 19.2. The van der Waals surface area contributed by atoms with Crippen molar-refractivity contribution in [2.75, 3.05) is 0 Å². The van der Waals surface area contributed by atoms with Crippen LogP contribution in [-0.2, 0) is 6.54 Å². The molecule has 0 fully saturated rings. The highest BCUT2D eigenvalue weighted by Gasteiger charge is 2.52. The summed E-state index contributed by atoms with van der Waals surface area (Å²) in [5.41, 5.74) is 2.42. The first-order valence-corrected chi connectivity index (χ1v) is 8.33. The molecule has 0 N–H and O–H groups in total. The zero-order valence-electron chi connectivity index (χ0n) is 13.5. The number of hydrogen-bond donors (Lipinski definition) is 0. The minimum Gasteiger partial charge on any atom is -0.277 e. The first-order chi connectivity index (χ1) is 12.6. The van der Waals surface area contributed by atoms with Crippen molar-refractivity contribution in [3.8, 4) is 0 Å². The fraction of sp³-hybridized carbons (Fsp3) is 0.143. The van der Waals surface area contributed by atoms with E-state index in [0.717, 1.165) is 16.7 Å². The maximum Gasteiger partial charge on any atom is 0.197 e. The molecule has 0 aliphatic carbocycles. The summed E-state index contributed by atoms with van der Waals surface area (Å²) in [5, 5.41) is 0. The molecule has 0 spiro atoms. The van der Waals surface area contributed by atoms with Crippen molar-refractivity contribution in [3.05, 3.63) is 106 Å². The summed E-state index contributed by atoms with van der Waals surface area (Å²) in [6.07, 6.45) is 0. The van der Waals surface area contributed by atoms with Crippen LogP contribution in [0.2, 0.25) is 0 Å². The van der Waals surface area contributed by atoms with Crippen LogP contribution in [-0.4, -0.2) is 4.90 Å². The smallest absolute Gasteiger partial charge is 0.197 e. The van der Waals surface area contributed by atoms with Gasteiger partial charge in [-0.15, -0.1) is 0 Å². The largest absolute Gasteiger partial charge is 0.277 e. The van der Waals surface area contributed by atoms with Crippen molar-refractivity contribution in [1.82, 2.24) is 4.90 Å². The summed E-state index contributed by atoms with van der Waals surface area (Å²) in [6.45, 7) is 0.418. The minimum absolute atomic E-state index is 0.0824. The fourth-order valence-corrected chi connectivity index (χ4v) is 4.34. The third-order valence-electron chi connectivity index (χ3n) is 5.34.